The highest BCUT2D eigenvalue weighted by atomic mass is 16.2. The topological polar surface area (TPSA) is 90.0 Å². The molecule has 1 N–H and O–H groups in total. The second-order valence-corrected chi connectivity index (χ2v) is 7.23. The van der Waals surface area contributed by atoms with E-state index in [1.165, 1.54) is 0 Å². The predicted molar refractivity (Wildman–Crippen MR) is 96.3 cm³/mol. The lowest BCUT2D eigenvalue weighted by atomic mass is 10.1. The lowest BCUT2D eigenvalue weighted by Gasteiger charge is -2.25. The highest BCUT2D eigenvalue weighted by Gasteiger charge is 2.45. The van der Waals surface area contributed by atoms with Crippen molar-refractivity contribution >= 4 is 29.3 Å². The van der Waals surface area contributed by atoms with Crippen LogP contribution in [0.25, 0.3) is 0 Å². The molecular formula is C19H22N4O4. The first-order chi connectivity index (χ1) is 13.0. The molecule has 2 atom stereocenters. The molecule has 0 saturated carbocycles. The second kappa shape index (κ2) is 6.68. The highest BCUT2D eigenvalue weighted by Crippen LogP contribution is 2.33. The van der Waals surface area contributed by atoms with E-state index in [0.29, 0.717) is 12.8 Å². The molecular weight excluding hydrogens is 348 g/mol. The predicted octanol–water partition coefficient (Wildman–Crippen LogP) is 0.355. The van der Waals surface area contributed by atoms with Crippen molar-refractivity contribution in [1.29, 1.82) is 0 Å². The number of rotatable bonds is 1. The molecule has 5 rings (SSSR count). The van der Waals surface area contributed by atoms with Gasteiger partial charge in [-0.15, -0.1) is 0 Å². The van der Waals surface area contributed by atoms with Crippen molar-refractivity contribution in [3.63, 3.8) is 0 Å². The maximum atomic E-state index is 12.0. The molecule has 4 heterocycles. The number of nitrogens with zero attached hydrogens (tertiary/aromatic N) is 3. The molecule has 4 amide bonds. The Labute approximate surface area is 157 Å². The minimum absolute atomic E-state index is 0.0139. The average Bonchev–Trinajstić information content (AvgIpc) is 3.35. The van der Waals surface area contributed by atoms with Gasteiger partial charge >= 0.3 is 0 Å². The molecule has 4 saturated heterocycles. The molecule has 0 bridgehead atoms. The smallest absolute Gasteiger partial charge is 0.248 e. The molecule has 1 aromatic rings. The molecule has 0 spiro atoms. The minimum atomic E-state index is -0.0592. The van der Waals surface area contributed by atoms with Crippen molar-refractivity contribution in [1.82, 2.24) is 15.1 Å². The van der Waals surface area contributed by atoms with Crippen molar-refractivity contribution < 1.29 is 19.2 Å². The van der Waals surface area contributed by atoms with Crippen LogP contribution in [0.15, 0.2) is 24.3 Å². The van der Waals surface area contributed by atoms with E-state index < -0.39 is 0 Å². The van der Waals surface area contributed by atoms with Gasteiger partial charge in [0, 0.05) is 18.5 Å². The summed E-state index contributed by atoms with van der Waals surface area (Å²) in [6, 6.07) is 7.81. The summed E-state index contributed by atoms with van der Waals surface area (Å²) in [5, 5.41) is 2.71. The zero-order chi connectivity index (χ0) is 19.1. The van der Waals surface area contributed by atoms with Gasteiger partial charge in [0.25, 0.3) is 0 Å². The summed E-state index contributed by atoms with van der Waals surface area (Å²) in [5.74, 6) is 0.193. The van der Waals surface area contributed by atoms with Crippen LogP contribution in [0.4, 0.5) is 5.69 Å². The number of anilines is 1. The van der Waals surface area contributed by atoms with Gasteiger partial charge in [0.15, 0.2) is 0 Å². The van der Waals surface area contributed by atoms with E-state index in [4.69, 9.17) is 0 Å². The maximum absolute atomic E-state index is 12.0. The largest absolute Gasteiger partial charge is 0.334 e. The molecule has 8 nitrogen and oxygen atoms in total. The van der Waals surface area contributed by atoms with E-state index in [9.17, 15) is 19.2 Å². The Balaban J connectivity index is 0.000000153. The lowest BCUT2D eigenvalue weighted by Crippen LogP contribution is -2.36. The van der Waals surface area contributed by atoms with Gasteiger partial charge in [0.2, 0.25) is 23.6 Å². The number of hydrogen-bond donors (Lipinski definition) is 1. The van der Waals surface area contributed by atoms with Gasteiger partial charge in [-0.2, -0.15) is 0 Å². The van der Waals surface area contributed by atoms with Gasteiger partial charge in [-0.3, -0.25) is 24.1 Å². The Morgan fingerprint density at radius 1 is 0.889 bits per heavy atom. The van der Waals surface area contributed by atoms with Crippen molar-refractivity contribution in [3.8, 4) is 0 Å². The Hall–Kier alpha value is -2.90. The van der Waals surface area contributed by atoms with Gasteiger partial charge in [0.1, 0.15) is 25.4 Å². The molecule has 2 unspecified atom stereocenters. The van der Waals surface area contributed by atoms with Crippen LogP contribution >= 0.6 is 0 Å². The average molecular weight is 370 g/mol. The van der Waals surface area contributed by atoms with Crippen molar-refractivity contribution in [2.75, 3.05) is 18.0 Å². The van der Waals surface area contributed by atoms with E-state index in [1.807, 2.05) is 31.2 Å². The fourth-order valence-corrected chi connectivity index (χ4v) is 4.17. The number of nitrogens with one attached hydrogen (secondary N) is 1. The molecule has 1 aromatic carbocycles. The summed E-state index contributed by atoms with van der Waals surface area (Å²) < 4.78 is 0. The van der Waals surface area contributed by atoms with Crippen LogP contribution in [0.5, 0.6) is 0 Å². The number of fused-ring (bicyclic) bond motifs is 2. The summed E-state index contributed by atoms with van der Waals surface area (Å²) in [6.45, 7) is 2.49. The van der Waals surface area contributed by atoms with Gasteiger partial charge in [-0.1, -0.05) is 18.2 Å². The number of amides is 4. The first kappa shape index (κ1) is 17.5. The molecule has 4 aliphatic heterocycles. The fourth-order valence-electron chi connectivity index (χ4n) is 4.17. The quantitative estimate of drug-likeness (QED) is 0.773. The van der Waals surface area contributed by atoms with Crippen molar-refractivity contribution in [2.24, 2.45) is 0 Å². The number of hydrogen-bond acceptors (Lipinski definition) is 4. The van der Waals surface area contributed by atoms with Crippen LogP contribution in [-0.4, -0.2) is 58.8 Å². The van der Waals surface area contributed by atoms with Crippen LogP contribution in [0, 0.1) is 6.92 Å². The highest BCUT2D eigenvalue weighted by molar-refractivity contribution is 6.02. The fraction of sp³-hybridized carbons (Fsp3) is 0.474. The number of carbonyl (C=O) groups is 4. The van der Waals surface area contributed by atoms with Crippen molar-refractivity contribution in [3.05, 3.63) is 29.8 Å². The zero-order valence-electron chi connectivity index (χ0n) is 15.2. The standard InChI is InChI=1S/C13H14N2O2.C6H8N2O2/c1-9-4-2-3-5-10(9)15-11-6-7-12(16)14(11)8-13(15)17;9-5-3-8-4(7-5)1-2-6(8)10/h2-5,11H,6-8H2,1H3;4H,1-3H2,(H,7,9). The van der Waals surface area contributed by atoms with E-state index in [1.54, 1.807) is 14.7 Å². The first-order valence-electron chi connectivity index (χ1n) is 9.21. The van der Waals surface area contributed by atoms with E-state index in [2.05, 4.69) is 5.32 Å². The Bertz CT molecular complexity index is 824. The molecule has 0 aliphatic carbocycles. The SMILES string of the molecule is Cc1ccccc1N1C(=O)CN2C(=O)CCC21.O=C1CN2C(=O)CCC2N1. The van der Waals surface area contributed by atoms with Gasteiger partial charge in [-0.25, -0.2) is 0 Å². The first-order valence-corrected chi connectivity index (χ1v) is 9.21. The summed E-state index contributed by atoms with van der Waals surface area (Å²) >= 11 is 0. The Morgan fingerprint density at radius 2 is 1.59 bits per heavy atom. The van der Waals surface area contributed by atoms with Crippen LogP contribution in [0.1, 0.15) is 31.2 Å². The van der Waals surface area contributed by atoms with E-state index in [0.717, 1.165) is 24.1 Å². The van der Waals surface area contributed by atoms with Crippen LogP contribution < -0.4 is 10.2 Å². The third-order valence-electron chi connectivity index (χ3n) is 5.51. The monoisotopic (exact) mass is 370 g/mol. The molecule has 142 valence electrons. The molecule has 4 fully saturated rings. The van der Waals surface area contributed by atoms with Gasteiger partial charge in [0.05, 0.1) is 0 Å². The van der Waals surface area contributed by atoms with Gasteiger partial charge in [-0.05, 0) is 31.4 Å². The third-order valence-corrected chi connectivity index (χ3v) is 5.51. The number of aryl methyl sites for hydroxylation is 1. The minimum Gasteiger partial charge on any atom is -0.334 e. The van der Waals surface area contributed by atoms with Crippen LogP contribution in [-0.2, 0) is 19.2 Å². The lowest BCUT2D eigenvalue weighted by molar-refractivity contribution is -0.130. The molecule has 27 heavy (non-hydrogen) atoms. The third kappa shape index (κ3) is 3.05. The van der Waals surface area contributed by atoms with Crippen LogP contribution in [0.2, 0.25) is 0 Å². The summed E-state index contributed by atoms with van der Waals surface area (Å²) in [6.07, 6.45) is 2.63. The molecule has 0 aromatic heterocycles. The number of benzene rings is 1. The second-order valence-electron chi connectivity index (χ2n) is 7.23. The summed E-state index contributed by atoms with van der Waals surface area (Å²) in [5.41, 5.74) is 2.00. The van der Waals surface area contributed by atoms with Crippen molar-refractivity contribution in [2.45, 2.75) is 44.9 Å². The number of para-hydroxylation sites is 1. The van der Waals surface area contributed by atoms with E-state index in [-0.39, 0.29) is 49.0 Å². The molecule has 8 heteroatoms. The molecule has 0 radical (unpaired) electrons. The van der Waals surface area contributed by atoms with E-state index >= 15 is 0 Å². The maximum Gasteiger partial charge on any atom is 0.248 e. The Morgan fingerprint density at radius 3 is 2.33 bits per heavy atom. The summed E-state index contributed by atoms with van der Waals surface area (Å²) in [7, 11) is 0. The number of carbonyl (C=O) groups excluding carboxylic acids is 4. The Kier molecular flexibility index (Phi) is 4.33. The van der Waals surface area contributed by atoms with Gasteiger partial charge < -0.3 is 15.1 Å². The molecule has 4 aliphatic rings. The zero-order valence-corrected chi connectivity index (χ0v) is 15.2. The van der Waals surface area contributed by atoms with Crippen LogP contribution in [0.3, 0.4) is 0 Å². The normalized spacial score (nSPS) is 26.2. The summed E-state index contributed by atoms with van der Waals surface area (Å²) in [4.78, 5) is 50.3.